The van der Waals surface area contributed by atoms with E-state index in [9.17, 15) is 4.79 Å². The maximum atomic E-state index is 12.0. The molecule has 1 aromatic heterocycles. The molecule has 0 aliphatic heterocycles. The molecule has 4 nitrogen and oxygen atoms in total. The van der Waals surface area contributed by atoms with E-state index in [4.69, 9.17) is 10.00 Å². The third-order valence-corrected chi connectivity index (χ3v) is 3.48. The van der Waals surface area contributed by atoms with Crippen LogP contribution in [0.5, 0.6) is 5.75 Å². The van der Waals surface area contributed by atoms with Gasteiger partial charge in [0.2, 0.25) is 0 Å². The van der Waals surface area contributed by atoms with Crippen LogP contribution in [0.15, 0.2) is 35.7 Å². The van der Waals surface area contributed by atoms with Crippen molar-refractivity contribution in [2.75, 3.05) is 11.9 Å². The van der Waals surface area contributed by atoms with E-state index in [2.05, 4.69) is 5.32 Å². The summed E-state index contributed by atoms with van der Waals surface area (Å²) in [6, 6.07) is 10.8. The number of thiophene rings is 1. The summed E-state index contributed by atoms with van der Waals surface area (Å²) in [7, 11) is 0. The fraction of sp³-hybridized carbons (Fsp3) is 0.143. The molecular formula is C14H12N2O2S. The molecule has 0 fully saturated rings. The topological polar surface area (TPSA) is 62.1 Å². The van der Waals surface area contributed by atoms with Crippen LogP contribution in [-0.4, -0.2) is 12.5 Å². The fourth-order valence-electron chi connectivity index (χ4n) is 1.57. The number of benzene rings is 1. The highest BCUT2D eigenvalue weighted by Gasteiger charge is 2.10. The van der Waals surface area contributed by atoms with Crippen molar-refractivity contribution in [1.29, 1.82) is 5.26 Å². The minimum Gasteiger partial charge on any atom is -0.479 e. The molecule has 0 spiro atoms. The molecule has 19 heavy (non-hydrogen) atoms. The SMILES string of the molecule is Cc1ccsc1C(=O)Nc1cccc(OCC#N)c1. The molecule has 1 aromatic carbocycles. The molecule has 1 N–H and O–H groups in total. The van der Waals surface area contributed by atoms with E-state index >= 15 is 0 Å². The van der Waals surface area contributed by atoms with E-state index in [1.165, 1.54) is 11.3 Å². The predicted octanol–water partition coefficient (Wildman–Crippen LogP) is 3.21. The van der Waals surface area contributed by atoms with Crippen molar-refractivity contribution in [3.8, 4) is 11.8 Å². The molecule has 2 aromatic rings. The van der Waals surface area contributed by atoms with Gasteiger partial charge >= 0.3 is 0 Å². The first-order valence-corrected chi connectivity index (χ1v) is 6.54. The molecule has 0 aliphatic carbocycles. The van der Waals surface area contributed by atoms with E-state index in [0.717, 1.165) is 5.56 Å². The van der Waals surface area contributed by atoms with Gasteiger partial charge < -0.3 is 10.1 Å². The summed E-state index contributed by atoms with van der Waals surface area (Å²) in [6.45, 7) is 1.89. The van der Waals surface area contributed by atoms with Crippen LogP contribution in [0.25, 0.3) is 0 Å². The van der Waals surface area contributed by atoms with Gasteiger partial charge in [0.25, 0.3) is 5.91 Å². The molecule has 1 amide bonds. The normalized spacial score (nSPS) is 9.68. The van der Waals surface area contributed by atoms with Crippen molar-refractivity contribution in [1.82, 2.24) is 0 Å². The molecule has 5 heteroatoms. The molecule has 0 saturated heterocycles. The Hall–Kier alpha value is -2.32. The summed E-state index contributed by atoms with van der Waals surface area (Å²) in [5.74, 6) is 0.423. The Morgan fingerprint density at radius 2 is 2.32 bits per heavy atom. The summed E-state index contributed by atoms with van der Waals surface area (Å²) in [5.41, 5.74) is 1.60. The van der Waals surface area contributed by atoms with Crippen molar-refractivity contribution in [2.24, 2.45) is 0 Å². The van der Waals surface area contributed by atoms with E-state index in [-0.39, 0.29) is 12.5 Å². The third-order valence-electron chi connectivity index (χ3n) is 2.46. The van der Waals surface area contributed by atoms with Crippen molar-refractivity contribution < 1.29 is 9.53 Å². The lowest BCUT2D eigenvalue weighted by Crippen LogP contribution is -2.11. The minimum absolute atomic E-state index is 0.0125. The van der Waals surface area contributed by atoms with Gasteiger partial charge in [-0.1, -0.05) is 6.07 Å². The number of carbonyl (C=O) groups is 1. The molecular weight excluding hydrogens is 260 g/mol. The Morgan fingerprint density at radius 1 is 1.47 bits per heavy atom. The zero-order valence-corrected chi connectivity index (χ0v) is 11.2. The van der Waals surface area contributed by atoms with Gasteiger partial charge in [-0.15, -0.1) is 11.3 Å². The Bertz CT molecular complexity index is 628. The van der Waals surface area contributed by atoms with Crippen LogP contribution in [0.2, 0.25) is 0 Å². The number of nitrogens with one attached hydrogen (secondary N) is 1. The number of rotatable bonds is 4. The second-order valence-corrected chi connectivity index (χ2v) is 4.78. The van der Waals surface area contributed by atoms with Crippen LogP contribution < -0.4 is 10.1 Å². The quantitative estimate of drug-likeness (QED) is 0.929. The van der Waals surface area contributed by atoms with Crippen LogP contribution in [0.1, 0.15) is 15.2 Å². The Kier molecular flexibility index (Phi) is 4.16. The summed E-state index contributed by atoms with van der Waals surface area (Å²) in [4.78, 5) is 12.7. The van der Waals surface area contributed by atoms with Crippen LogP contribution in [0, 0.1) is 18.3 Å². The minimum atomic E-state index is -0.134. The lowest BCUT2D eigenvalue weighted by molar-refractivity contribution is 0.103. The largest absolute Gasteiger partial charge is 0.479 e. The Balaban J connectivity index is 2.09. The van der Waals surface area contributed by atoms with Gasteiger partial charge in [0.1, 0.15) is 11.8 Å². The first-order chi connectivity index (χ1) is 9.20. The van der Waals surface area contributed by atoms with Crippen LogP contribution in [0.4, 0.5) is 5.69 Å². The number of aryl methyl sites for hydroxylation is 1. The molecule has 0 saturated carbocycles. The summed E-state index contributed by atoms with van der Waals surface area (Å²) in [6.07, 6.45) is 0. The highest BCUT2D eigenvalue weighted by Crippen LogP contribution is 2.20. The van der Waals surface area contributed by atoms with Crippen molar-refractivity contribution in [2.45, 2.75) is 6.92 Å². The molecule has 2 rings (SSSR count). The molecule has 0 aliphatic rings. The maximum Gasteiger partial charge on any atom is 0.265 e. The Morgan fingerprint density at radius 3 is 3.00 bits per heavy atom. The predicted molar refractivity (Wildman–Crippen MR) is 74.6 cm³/mol. The third kappa shape index (κ3) is 3.33. The first kappa shape index (κ1) is 13.1. The number of amides is 1. The number of nitrogens with zero attached hydrogens (tertiary/aromatic N) is 1. The second-order valence-electron chi connectivity index (χ2n) is 3.86. The highest BCUT2D eigenvalue weighted by atomic mass is 32.1. The first-order valence-electron chi connectivity index (χ1n) is 5.66. The molecule has 0 radical (unpaired) electrons. The maximum absolute atomic E-state index is 12.0. The van der Waals surface area contributed by atoms with Crippen LogP contribution >= 0.6 is 11.3 Å². The molecule has 96 valence electrons. The summed E-state index contributed by atoms with van der Waals surface area (Å²) >= 11 is 1.41. The van der Waals surface area contributed by atoms with Crippen molar-refractivity contribution in [3.05, 3.63) is 46.2 Å². The molecule has 0 bridgehead atoms. The smallest absolute Gasteiger partial charge is 0.265 e. The second kappa shape index (κ2) is 6.03. The average Bonchev–Trinajstić information content (AvgIpc) is 2.83. The Labute approximate surface area is 115 Å². The zero-order valence-electron chi connectivity index (χ0n) is 10.3. The van der Waals surface area contributed by atoms with E-state index in [1.807, 2.05) is 24.4 Å². The lowest BCUT2D eigenvalue weighted by Gasteiger charge is -2.07. The molecule has 0 atom stereocenters. The molecule has 1 heterocycles. The van der Waals surface area contributed by atoms with Crippen LogP contribution in [0.3, 0.4) is 0 Å². The monoisotopic (exact) mass is 272 g/mol. The number of hydrogen-bond acceptors (Lipinski definition) is 4. The molecule has 0 unspecified atom stereocenters. The van der Waals surface area contributed by atoms with Gasteiger partial charge in [0.15, 0.2) is 6.61 Å². The number of hydrogen-bond donors (Lipinski definition) is 1. The standard InChI is InChI=1S/C14H12N2O2S/c1-10-5-8-19-13(10)14(17)16-11-3-2-4-12(9-11)18-7-6-15/h2-5,8-9H,7H2,1H3,(H,16,17). The van der Waals surface area contributed by atoms with Gasteiger partial charge in [0, 0.05) is 11.8 Å². The lowest BCUT2D eigenvalue weighted by atomic mass is 10.2. The van der Waals surface area contributed by atoms with Gasteiger partial charge in [-0.2, -0.15) is 5.26 Å². The van der Waals surface area contributed by atoms with E-state index < -0.39 is 0 Å². The van der Waals surface area contributed by atoms with Crippen molar-refractivity contribution >= 4 is 22.9 Å². The fourth-order valence-corrected chi connectivity index (χ4v) is 2.39. The van der Waals surface area contributed by atoms with Gasteiger partial charge in [0.05, 0.1) is 4.88 Å². The number of carbonyl (C=O) groups excluding carboxylic acids is 1. The van der Waals surface area contributed by atoms with Crippen LogP contribution in [-0.2, 0) is 0 Å². The van der Waals surface area contributed by atoms with Gasteiger partial charge in [-0.25, -0.2) is 0 Å². The number of ether oxygens (including phenoxy) is 1. The number of nitriles is 1. The average molecular weight is 272 g/mol. The van der Waals surface area contributed by atoms with E-state index in [0.29, 0.717) is 16.3 Å². The van der Waals surface area contributed by atoms with E-state index in [1.54, 1.807) is 24.3 Å². The van der Waals surface area contributed by atoms with Gasteiger partial charge in [-0.05, 0) is 36.1 Å². The zero-order chi connectivity index (χ0) is 13.7. The number of anilines is 1. The summed E-state index contributed by atoms with van der Waals surface area (Å²) < 4.78 is 5.18. The highest BCUT2D eigenvalue weighted by molar-refractivity contribution is 7.12. The summed E-state index contributed by atoms with van der Waals surface area (Å²) in [5, 5.41) is 13.2. The van der Waals surface area contributed by atoms with Crippen molar-refractivity contribution in [3.63, 3.8) is 0 Å². The van der Waals surface area contributed by atoms with Gasteiger partial charge in [-0.3, -0.25) is 4.79 Å².